The topological polar surface area (TPSA) is 47.3 Å². The van der Waals surface area contributed by atoms with Crippen LogP contribution < -0.4 is 16.0 Å². The number of nitrogens with one attached hydrogen (secondary N) is 1. The van der Waals surface area contributed by atoms with E-state index in [1.807, 2.05) is 31.2 Å². The summed E-state index contributed by atoms with van der Waals surface area (Å²) in [6, 6.07) is 12.3. The van der Waals surface area contributed by atoms with Gasteiger partial charge in [-0.15, -0.1) is 0 Å². The second-order valence-electron chi connectivity index (χ2n) is 5.49. The summed E-state index contributed by atoms with van der Waals surface area (Å²) in [5.74, 6) is 6.28. The van der Waals surface area contributed by atoms with Gasteiger partial charge in [0.1, 0.15) is 11.6 Å². The molecule has 2 aromatic carbocycles. The molecule has 0 radical (unpaired) electrons. The minimum Gasteiger partial charge on any atom is -0.490 e. The lowest BCUT2D eigenvalue weighted by atomic mass is 9.95. The monoisotopic (exact) mass is 286 g/mol. The molecule has 0 spiro atoms. The molecule has 0 saturated heterocycles. The molecular formula is C17H19FN2O. The summed E-state index contributed by atoms with van der Waals surface area (Å²) < 4.78 is 19.3. The van der Waals surface area contributed by atoms with Gasteiger partial charge in [-0.1, -0.05) is 18.2 Å². The van der Waals surface area contributed by atoms with Crippen LogP contribution in [0.15, 0.2) is 42.5 Å². The molecular weight excluding hydrogens is 267 g/mol. The highest BCUT2D eigenvalue weighted by atomic mass is 19.1. The molecule has 0 aliphatic heterocycles. The molecule has 4 heteroatoms. The number of ether oxygens (including phenoxy) is 1. The van der Waals surface area contributed by atoms with Gasteiger partial charge >= 0.3 is 0 Å². The van der Waals surface area contributed by atoms with Crippen molar-refractivity contribution in [3.05, 3.63) is 65.0 Å². The fraction of sp³-hybridized carbons (Fsp3) is 0.294. The van der Waals surface area contributed by atoms with Crippen LogP contribution in [0.5, 0.6) is 5.75 Å². The normalized spacial score (nSPS) is 15.8. The first kappa shape index (κ1) is 14.0. The summed E-state index contributed by atoms with van der Waals surface area (Å²) in [5.41, 5.74) is 5.57. The van der Waals surface area contributed by atoms with E-state index in [9.17, 15) is 4.39 Å². The number of aryl methyl sites for hydroxylation is 1. The maximum absolute atomic E-state index is 13.5. The zero-order valence-corrected chi connectivity index (χ0v) is 12.0. The Morgan fingerprint density at radius 2 is 2.05 bits per heavy atom. The van der Waals surface area contributed by atoms with Crippen molar-refractivity contribution < 1.29 is 9.13 Å². The summed E-state index contributed by atoms with van der Waals surface area (Å²) >= 11 is 0. The van der Waals surface area contributed by atoms with Crippen LogP contribution in [0.2, 0.25) is 0 Å². The number of benzene rings is 2. The van der Waals surface area contributed by atoms with Crippen molar-refractivity contribution >= 4 is 0 Å². The Kier molecular flexibility index (Phi) is 3.90. The van der Waals surface area contributed by atoms with Gasteiger partial charge in [-0.05, 0) is 60.7 Å². The van der Waals surface area contributed by atoms with Gasteiger partial charge in [0.15, 0.2) is 0 Å². The summed E-state index contributed by atoms with van der Waals surface area (Å²) in [5, 5.41) is 0. The average molecular weight is 286 g/mol. The molecule has 3 N–H and O–H groups in total. The van der Waals surface area contributed by atoms with Crippen molar-refractivity contribution in [3.8, 4) is 5.75 Å². The van der Waals surface area contributed by atoms with Crippen molar-refractivity contribution in [3.63, 3.8) is 0 Å². The fourth-order valence-corrected chi connectivity index (χ4v) is 2.43. The second kappa shape index (κ2) is 5.84. The predicted molar refractivity (Wildman–Crippen MR) is 80.4 cm³/mol. The van der Waals surface area contributed by atoms with Crippen LogP contribution in [0, 0.1) is 12.7 Å². The highest BCUT2D eigenvalue weighted by Gasteiger charge is 2.24. The number of nitrogens with two attached hydrogens (primary N) is 1. The second-order valence-corrected chi connectivity index (χ2v) is 5.49. The van der Waals surface area contributed by atoms with E-state index in [1.165, 1.54) is 12.1 Å². The van der Waals surface area contributed by atoms with Gasteiger partial charge in [-0.3, -0.25) is 5.84 Å². The third kappa shape index (κ3) is 3.23. The molecule has 1 atom stereocenters. The molecule has 1 aliphatic carbocycles. The third-order valence-corrected chi connectivity index (χ3v) is 3.74. The van der Waals surface area contributed by atoms with E-state index in [-0.39, 0.29) is 11.9 Å². The fourth-order valence-electron chi connectivity index (χ4n) is 2.43. The quantitative estimate of drug-likeness (QED) is 0.655. The van der Waals surface area contributed by atoms with Crippen LogP contribution in [0.3, 0.4) is 0 Å². The molecule has 110 valence electrons. The number of rotatable bonds is 5. The molecule has 2 aromatic rings. The molecule has 0 aromatic heterocycles. The molecule has 0 amide bonds. The van der Waals surface area contributed by atoms with Crippen molar-refractivity contribution in [2.24, 2.45) is 5.84 Å². The number of halogens is 1. The van der Waals surface area contributed by atoms with Crippen molar-refractivity contribution in [2.45, 2.75) is 31.9 Å². The first-order valence-electron chi connectivity index (χ1n) is 7.16. The van der Waals surface area contributed by atoms with Crippen LogP contribution in [0.25, 0.3) is 0 Å². The molecule has 3 nitrogen and oxygen atoms in total. The molecule has 1 aliphatic rings. The zero-order valence-electron chi connectivity index (χ0n) is 12.0. The number of hydrogen-bond donors (Lipinski definition) is 2. The Labute approximate surface area is 123 Å². The van der Waals surface area contributed by atoms with Gasteiger partial charge in [-0.2, -0.15) is 0 Å². The van der Waals surface area contributed by atoms with E-state index in [0.717, 1.165) is 35.3 Å². The minimum absolute atomic E-state index is 0.261. The summed E-state index contributed by atoms with van der Waals surface area (Å²) in [6.07, 6.45) is 2.58. The average Bonchev–Trinajstić information content (AvgIpc) is 3.28. The van der Waals surface area contributed by atoms with Gasteiger partial charge in [0.2, 0.25) is 0 Å². The standard InChI is InChI=1S/C17H19FN2O/c1-11-5-6-13(18)10-16(11)17(20-19)12-3-2-4-15(9-12)21-14-7-8-14/h2-6,9-10,14,17,20H,7-8,19H2,1H3. The van der Waals surface area contributed by atoms with Crippen LogP contribution in [0.1, 0.15) is 35.6 Å². The maximum atomic E-state index is 13.5. The van der Waals surface area contributed by atoms with Crippen LogP contribution >= 0.6 is 0 Å². The summed E-state index contributed by atoms with van der Waals surface area (Å²) in [7, 11) is 0. The molecule has 1 fully saturated rings. The molecule has 21 heavy (non-hydrogen) atoms. The minimum atomic E-state index is -0.263. The molecule has 1 saturated carbocycles. The lowest BCUT2D eigenvalue weighted by molar-refractivity contribution is 0.302. The third-order valence-electron chi connectivity index (χ3n) is 3.74. The van der Waals surface area contributed by atoms with Crippen molar-refractivity contribution in [1.82, 2.24) is 5.43 Å². The smallest absolute Gasteiger partial charge is 0.123 e. The Balaban J connectivity index is 1.93. The molecule has 0 heterocycles. The van der Waals surface area contributed by atoms with Crippen LogP contribution in [-0.4, -0.2) is 6.10 Å². The molecule has 1 unspecified atom stereocenters. The zero-order chi connectivity index (χ0) is 14.8. The van der Waals surface area contributed by atoms with Crippen LogP contribution in [0.4, 0.5) is 4.39 Å². The predicted octanol–water partition coefficient (Wildman–Crippen LogP) is 3.23. The summed E-state index contributed by atoms with van der Waals surface area (Å²) in [4.78, 5) is 0. The van der Waals surface area contributed by atoms with E-state index >= 15 is 0 Å². The Hall–Kier alpha value is -1.91. The lowest BCUT2D eigenvalue weighted by Crippen LogP contribution is -2.29. The van der Waals surface area contributed by atoms with Crippen LogP contribution in [-0.2, 0) is 0 Å². The number of hydrazine groups is 1. The van der Waals surface area contributed by atoms with E-state index in [1.54, 1.807) is 6.07 Å². The Bertz CT molecular complexity index is 640. The van der Waals surface area contributed by atoms with Crippen molar-refractivity contribution in [1.29, 1.82) is 0 Å². The first-order chi connectivity index (χ1) is 10.2. The van der Waals surface area contributed by atoms with Gasteiger partial charge in [0.05, 0.1) is 12.1 Å². The van der Waals surface area contributed by atoms with Crippen molar-refractivity contribution in [2.75, 3.05) is 0 Å². The summed E-state index contributed by atoms with van der Waals surface area (Å²) in [6.45, 7) is 1.95. The SMILES string of the molecule is Cc1ccc(F)cc1C(NN)c1cccc(OC2CC2)c1. The van der Waals surface area contributed by atoms with Gasteiger partial charge < -0.3 is 4.74 Å². The number of hydrogen-bond acceptors (Lipinski definition) is 3. The maximum Gasteiger partial charge on any atom is 0.123 e. The lowest BCUT2D eigenvalue weighted by Gasteiger charge is -2.20. The molecule has 0 bridgehead atoms. The Morgan fingerprint density at radius 3 is 2.76 bits per heavy atom. The van der Waals surface area contributed by atoms with E-state index in [4.69, 9.17) is 10.6 Å². The van der Waals surface area contributed by atoms with Gasteiger partial charge in [0.25, 0.3) is 0 Å². The molecule has 3 rings (SSSR count). The van der Waals surface area contributed by atoms with E-state index in [0.29, 0.717) is 6.10 Å². The van der Waals surface area contributed by atoms with Gasteiger partial charge in [-0.25, -0.2) is 9.82 Å². The highest BCUT2D eigenvalue weighted by Crippen LogP contribution is 2.30. The first-order valence-corrected chi connectivity index (χ1v) is 7.16. The van der Waals surface area contributed by atoms with Gasteiger partial charge in [0, 0.05) is 0 Å². The largest absolute Gasteiger partial charge is 0.490 e. The van der Waals surface area contributed by atoms with E-state index in [2.05, 4.69) is 5.43 Å². The van der Waals surface area contributed by atoms with E-state index < -0.39 is 0 Å². The Morgan fingerprint density at radius 1 is 1.24 bits per heavy atom. The highest BCUT2D eigenvalue weighted by molar-refractivity contribution is 5.40.